The molecule has 7 heteroatoms. The molecule has 0 spiro atoms. The van der Waals surface area contributed by atoms with Gasteiger partial charge in [-0.05, 0) is 49.9 Å². The van der Waals surface area contributed by atoms with Crippen LogP contribution in [-0.2, 0) is 6.54 Å². The van der Waals surface area contributed by atoms with E-state index in [1.807, 2.05) is 6.92 Å². The van der Waals surface area contributed by atoms with Crippen molar-refractivity contribution in [2.75, 3.05) is 47.4 Å². The molecule has 0 atom stereocenters. The summed E-state index contributed by atoms with van der Waals surface area (Å²) in [5, 5.41) is 11.4. The van der Waals surface area contributed by atoms with Gasteiger partial charge in [-0.2, -0.15) is 0 Å². The minimum Gasteiger partial charge on any atom is -0.507 e. The van der Waals surface area contributed by atoms with Crippen LogP contribution >= 0.6 is 0 Å². The Labute approximate surface area is 181 Å². The summed E-state index contributed by atoms with van der Waals surface area (Å²) >= 11 is 0. The normalized spacial score (nSPS) is 15.4. The largest absolute Gasteiger partial charge is 0.507 e. The molecule has 1 aromatic heterocycles. The number of ether oxygens (including phenoxy) is 2. The van der Waals surface area contributed by atoms with Crippen LogP contribution in [0.25, 0.3) is 22.1 Å². The summed E-state index contributed by atoms with van der Waals surface area (Å²) in [6.07, 6.45) is 0. The maximum atomic E-state index is 13.2. The third kappa shape index (κ3) is 3.98. The van der Waals surface area contributed by atoms with E-state index >= 15 is 0 Å². The van der Waals surface area contributed by atoms with Gasteiger partial charge in [0.05, 0.1) is 25.3 Å². The number of rotatable bonds is 5. The summed E-state index contributed by atoms with van der Waals surface area (Å²) in [7, 11) is 5.24. The number of benzene rings is 2. The quantitative estimate of drug-likeness (QED) is 0.630. The van der Waals surface area contributed by atoms with Gasteiger partial charge in [-0.3, -0.25) is 4.90 Å². The van der Waals surface area contributed by atoms with Crippen LogP contribution in [0.1, 0.15) is 11.1 Å². The second-order valence-electron chi connectivity index (χ2n) is 7.98. The number of nitrogens with zero attached hydrogens (tertiary/aromatic N) is 2. The Morgan fingerprint density at radius 2 is 1.81 bits per heavy atom. The number of fused-ring (bicyclic) bond motifs is 1. The van der Waals surface area contributed by atoms with Crippen LogP contribution in [0.4, 0.5) is 0 Å². The minimum absolute atomic E-state index is 0.140. The van der Waals surface area contributed by atoms with E-state index in [1.165, 1.54) is 0 Å². The Hall–Kier alpha value is -3.03. The van der Waals surface area contributed by atoms with E-state index in [-0.39, 0.29) is 5.75 Å². The number of aryl methyl sites for hydroxylation is 1. The molecule has 164 valence electrons. The number of phenols is 1. The number of piperazine rings is 1. The van der Waals surface area contributed by atoms with E-state index in [2.05, 4.69) is 16.8 Å². The zero-order valence-electron chi connectivity index (χ0n) is 18.4. The molecular formula is C24H28N2O5. The summed E-state index contributed by atoms with van der Waals surface area (Å²) in [5.41, 5.74) is 2.43. The van der Waals surface area contributed by atoms with Crippen molar-refractivity contribution >= 4 is 11.0 Å². The number of methoxy groups -OCH3 is 2. The van der Waals surface area contributed by atoms with Gasteiger partial charge < -0.3 is 23.9 Å². The number of hydrogen-bond donors (Lipinski definition) is 1. The summed E-state index contributed by atoms with van der Waals surface area (Å²) in [5.74, 6) is 1.32. The van der Waals surface area contributed by atoms with Crippen LogP contribution in [-0.4, -0.2) is 62.4 Å². The highest BCUT2D eigenvalue weighted by Crippen LogP contribution is 2.37. The van der Waals surface area contributed by atoms with E-state index in [1.54, 1.807) is 44.6 Å². The fourth-order valence-electron chi connectivity index (χ4n) is 4.16. The van der Waals surface area contributed by atoms with Gasteiger partial charge in [-0.1, -0.05) is 0 Å². The highest BCUT2D eigenvalue weighted by atomic mass is 16.5. The maximum Gasteiger partial charge on any atom is 0.344 e. The van der Waals surface area contributed by atoms with Crippen LogP contribution in [0, 0.1) is 6.92 Å². The fraction of sp³-hybridized carbons (Fsp3) is 0.375. The monoisotopic (exact) mass is 424 g/mol. The summed E-state index contributed by atoms with van der Waals surface area (Å²) < 4.78 is 16.7. The number of hydrogen-bond acceptors (Lipinski definition) is 7. The number of aromatic hydroxyl groups is 1. The van der Waals surface area contributed by atoms with Crippen molar-refractivity contribution in [2.24, 2.45) is 0 Å². The van der Waals surface area contributed by atoms with Crippen molar-refractivity contribution in [3.8, 4) is 28.4 Å². The van der Waals surface area contributed by atoms with Gasteiger partial charge in [0.25, 0.3) is 0 Å². The Bertz CT molecular complexity index is 1160. The summed E-state index contributed by atoms with van der Waals surface area (Å²) in [6.45, 7) is 6.15. The zero-order chi connectivity index (χ0) is 22.1. The second kappa shape index (κ2) is 8.61. The molecule has 4 rings (SSSR count). The third-order valence-electron chi connectivity index (χ3n) is 6.07. The maximum absolute atomic E-state index is 13.2. The standard InChI is InChI=1S/C24H28N2O5/c1-15-17-6-7-20(27)19(14-26-11-9-25(2)10-12-26)23(17)31-24(28)22(15)18-13-16(29-3)5-8-21(18)30-4/h5-8,13,27H,9-12,14H2,1-4H3. The lowest BCUT2D eigenvalue weighted by atomic mass is 9.97. The molecule has 1 saturated heterocycles. The van der Waals surface area contributed by atoms with E-state index in [9.17, 15) is 9.90 Å². The number of phenolic OH excluding ortho intramolecular Hbond substituents is 1. The van der Waals surface area contributed by atoms with Crippen molar-refractivity contribution in [3.63, 3.8) is 0 Å². The SMILES string of the molecule is COc1ccc(OC)c(-c2c(C)c3ccc(O)c(CN4CCN(C)CC4)c3oc2=O)c1. The van der Waals surface area contributed by atoms with Crippen LogP contribution < -0.4 is 15.1 Å². The molecule has 1 aliphatic rings. The molecule has 0 amide bonds. The Morgan fingerprint density at radius 3 is 2.48 bits per heavy atom. The van der Waals surface area contributed by atoms with E-state index in [0.29, 0.717) is 40.3 Å². The Morgan fingerprint density at radius 1 is 1.06 bits per heavy atom. The fourth-order valence-corrected chi connectivity index (χ4v) is 4.16. The van der Waals surface area contributed by atoms with Gasteiger partial charge in [-0.25, -0.2) is 4.79 Å². The molecule has 2 aromatic carbocycles. The minimum atomic E-state index is -0.471. The van der Waals surface area contributed by atoms with Crippen molar-refractivity contribution in [1.29, 1.82) is 0 Å². The van der Waals surface area contributed by atoms with Gasteiger partial charge in [0.2, 0.25) is 0 Å². The first-order chi connectivity index (χ1) is 14.9. The molecule has 1 fully saturated rings. The molecule has 0 radical (unpaired) electrons. The predicted molar refractivity (Wildman–Crippen MR) is 120 cm³/mol. The van der Waals surface area contributed by atoms with E-state index in [0.717, 1.165) is 37.1 Å². The van der Waals surface area contributed by atoms with Crippen molar-refractivity contribution in [3.05, 3.63) is 51.9 Å². The molecule has 1 aliphatic heterocycles. The highest BCUT2D eigenvalue weighted by molar-refractivity contribution is 5.91. The lowest BCUT2D eigenvalue weighted by Gasteiger charge is -2.32. The molecule has 31 heavy (non-hydrogen) atoms. The van der Waals surface area contributed by atoms with Gasteiger partial charge in [0.1, 0.15) is 22.8 Å². The summed E-state index contributed by atoms with van der Waals surface area (Å²) in [4.78, 5) is 17.7. The van der Waals surface area contributed by atoms with Gasteiger partial charge in [0, 0.05) is 43.7 Å². The molecular weight excluding hydrogens is 396 g/mol. The third-order valence-corrected chi connectivity index (χ3v) is 6.07. The first kappa shape index (κ1) is 21.2. The van der Waals surface area contributed by atoms with Crippen LogP contribution in [0.2, 0.25) is 0 Å². The average molecular weight is 424 g/mol. The van der Waals surface area contributed by atoms with Crippen LogP contribution in [0.3, 0.4) is 0 Å². The second-order valence-corrected chi connectivity index (χ2v) is 7.98. The van der Waals surface area contributed by atoms with Crippen molar-refractivity contribution in [2.45, 2.75) is 13.5 Å². The molecule has 1 N–H and O–H groups in total. The number of likely N-dealkylation sites (N-methyl/N-ethyl adjacent to an activating group) is 1. The Balaban J connectivity index is 1.85. The van der Waals surface area contributed by atoms with E-state index in [4.69, 9.17) is 13.9 Å². The topological polar surface area (TPSA) is 75.4 Å². The molecule has 0 aliphatic carbocycles. The zero-order valence-corrected chi connectivity index (χ0v) is 18.4. The predicted octanol–water partition coefficient (Wildman–Crippen LogP) is 3.24. The molecule has 0 saturated carbocycles. The molecule has 3 aromatic rings. The van der Waals surface area contributed by atoms with Crippen molar-refractivity contribution in [1.82, 2.24) is 9.80 Å². The van der Waals surface area contributed by atoms with Gasteiger partial charge in [-0.15, -0.1) is 0 Å². The van der Waals surface area contributed by atoms with Gasteiger partial charge >= 0.3 is 5.63 Å². The lowest BCUT2D eigenvalue weighted by molar-refractivity contribution is 0.147. The Kier molecular flexibility index (Phi) is 5.89. The van der Waals surface area contributed by atoms with E-state index < -0.39 is 5.63 Å². The van der Waals surface area contributed by atoms with Gasteiger partial charge in [0.15, 0.2) is 0 Å². The first-order valence-electron chi connectivity index (χ1n) is 10.3. The summed E-state index contributed by atoms with van der Waals surface area (Å²) in [6, 6.07) is 8.80. The molecule has 0 bridgehead atoms. The lowest BCUT2D eigenvalue weighted by Crippen LogP contribution is -2.43. The smallest absolute Gasteiger partial charge is 0.344 e. The van der Waals surface area contributed by atoms with Crippen molar-refractivity contribution < 1.29 is 19.0 Å². The van der Waals surface area contributed by atoms with Crippen LogP contribution in [0.5, 0.6) is 17.2 Å². The highest BCUT2D eigenvalue weighted by Gasteiger charge is 2.22. The first-order valence-corrected chi connectivity index (χ1v) is 10.3. The molecule has 0 unspecified atom stereocenters. The van der Waals surface area contributed by atoms with Crippen LogP contribution in [0.15, 0.2) is 39.5 Å². The molecule has 7 nitrogen and oxygen atoms in total. The molecule has 2 heterocycles. The average Bonchev–Trinajstić information content (AvgIpc) is 2.77.